The molecule has 0 saturated carbocycles. The molecule has 1 aromatic heterocycles. The molecule has 6 heteroatoms. The summed E-state index contributed by atoms with van der Waals surface area (Å²) in [5.41, 5.74) is 0. The number of halogens is 1. The molecule has 1 aromatic rings. The van der Waals surface area contributed by atoms with E-state index in [1.54, 1.807) is 11.3 Å². The highest BCUT2D eigenvalue weighted by Gasteiger charge is 2.30. The summed E-state index contributed by atoms with van der Waals surface area (Å²) in [6.07, 6.45) is 0.766. The molecular weight excluding hydrogens is 310 g/mol. The van der Waals surface area contributed by atoms with Gasteiger partial charge in [0.15, 0.2) is 9.84 Å². The molecule has 16 heavy (non-hydrogen) atoms. The maximum Gasteiger partial charge on any atom is 0.151 e. The minimum Gasteiger partial charge on any atom is -0.297 e. The summed E-state index contributed by atoms with van der Waals surface area (Å²) in [5, 5.41) is 2.04. The van der Waals surface area contributed by atoms with Gasteiger partial charge in [0.1, 0.15) is 0 Å². The average Bonchev–Trinajstić information content (AvgIpc) is 2.74. The zero-order valence-electron chi connectivity index (χ0n) is 9.02. The van der Waals surface area contributed by atoms with Gasteiger partial charge in [-0.15, -0.1) is 11.3 Å². The molecule has 0 spiro atoms. The van der Waals surface area contributed by atoms with E-state index < -0.39 is 9.84 Å². The first kappa shape index (κ1) is 12.5. The molecule has 0 unspecified atom stereocenters. The monoisotopic (exact) mass is 323 g/mol. The third kappa shape index (κ3) is 2.85. The van der Waals surface area contributed by atoms with Gasteiger partial charge in [0.05, 0.1) is 11.5 Å². The maximum absolute atomic E-state index is 11.4. The predicted octanol–water partition coefficient (Wildman–Crippen LogP) is 2.13. The lowest BCUT2D eigenvalue weighted by Gasteiger charge is -2.22. The fraction of sp³-hybridized carbons (Fsp3) is 0.600. The fourth-order valence-corrected chi connectivity index (χ4v) is 5.26. The van der Waals surface area contributed by atoms with Gasteiger partial charge in [-0.2, -0.15) is 0 Å². The number of nitrogens with zero attached hydrogens (tertiary/aromatic N) is 1. The lowest BCUT2D eigenvalue weighted by molar-refractivity contribution is 0.255. The van der Waals surface area contributed by atoms with Crippen LogP contribution in [0.2, 0.25) is 0 Å². The van der Waals surface area contributed by atoms with E-state index >= 15 is 0 Å². The van der Waals surface area contributed by atoms with Crippen LogP contribution in [0.5, 0.6) is 0 Å². The summed E-state index contributed by atoms with van der Waals surface area (Å²) in [6.45, 7) is 0.818. The Morgan fingerprint density at radius 1 is 1.62 bits per heavy atom. The second kappa shape index (κ2) is 4.76. The van der Waals surface area contributed by atoms with Crippen molar-refractivity contribution in [2.24, 2.45) is 0 Å². The molecule has 1 aliphatic heterocycles. The van der Waals surface area contributed by atoms with Crippen LogP contribution in [0.4, 0.5) is 0 Å². The standard InChI is InChI=1S/C10H14BrNO2S2/c1-12(6-10-9(11)2-4-15-10)8-3-5-16(13,14)7-8/h2,4,8H,3,5-7H2,1H3/t8-/m0/s1. The third-order valence-corrected chi connectivity index (χ3v) is 6.58. The quantitative estimate of drug-likeness (QED) is 0.855. The Labute approximate surface area is 109 Å². The number of sulfone groups is 1. The first-order valence-corrected chi connectivity index (χ1v) is 8.60. The maximum atomic E-state index is 11.4. The third-order valence-electron chi connectivity index (χ3n) is 2.92. The second-order valence-electron chi connectivity index (χ2n) is 4.16. The van der Waals surface area contributed by atoms with Gasteiger partial charge >= 0.3 is 0 Å². The molecule has 2 heterocycles. The minimum absolute atomic E-state index is 0.180. The smallest absolute Gasteiger partial charge is 0.151 e. The van der Waals surface area contributed by atoms with Gasteiger partial charge in [-0.05, 0) is 40.8 Å². The van der Waals surface area contributed by atoms with Crippen molar-refractivity contribution >= 4 is 37.1 Å². The van der Waals surface area contributed by atoms with E-state index in [0.717, 1.165) is 17.4 Å². The summed E-state index contributed by atoms with van der Waals surface area (Å²) < 4.78 is 23.9. The summed E-state index contributed by atoms with van der Waals surface area (Å²) in [6, 6.07) is 2.21. The van der Waals surface area contributed by atoms with E-state index in [2.05, 4.69) is 20.8 Å². The van der Waals surface area contributed by atoms with Gasteiger partial charge in [0, 0.05) is 21.9 Å². The Kier molecular flexibility index (Phi) is 3.73. The number of thiophene rings is 1. The highest BCUT2D eigenvalue weighted by atomic mass is 79.9. The van der Waals surface area contributed by atoms with E-state index in [9.17, 15) is 8.42 Å². The van der Waals surface area contributed by atoms with Gasteiger partial charge in [-0.3, -0.25) is 4.90 Å². The summed E-state index contributed by atoms with van der Waals surface area (Å²) in [7, 11) is -0.782. The zero-order chi connectivity index (χ0) is 11.8. The minimum atomic E-state index is -2.78. The summed E-state index contributed by atoms with van der Waals surface area (Å²) >= 11 is 5.19. The van der Waals surface area contributed by atoms with Crippen molar-refractivity contribution in [1.29, 1.82) is 0 Å². The van der Waals surface area contributed by atoms with Gasteiger partial charge < -0.3 is 0 Å². The van der Waals surface area contributed by atoms with Crippen LogP contribution in [0.3, 0.4) is 0 Å². The molecule has 1 saturated heterocycles. The number of rotatable bonds is 3. The molecule has 90 valence electrons. The molecule has 2 rings (SSSR count). The van der Waals surface area contributed by atoms with Gasteiger partial charge in [-0.1, -0.05) is 0 Å². The van der Waals surface area contributed by atoms with E-state index in [-0.39, 0.29) is 6.04 Å². The fourth-order valence-electron chi connectivity index (χ4n) is 1.92. The van der Waals surface area contributed by atoms with Crippen molar-refractivity contribution in [2.45, 2.75) is 19.0 Å². The lowest BCUT2D eigenvalue weighted by Crippen LogP contribution is -2.31. The molecule has 0 aromatic carbocycles. The first-order valence-electron chi connectivity index (χ1n) is 5.10. The summed E-state index contributed by atoms with van der Waals surface area (Å²) in [4.78, 5) is 3.40. The van der Waals surface area contributed by atoms with Gasteiger partial charge in [0.2, 0.25) is 0 Å². The van der Waals surface area contributed by atoms with Crippen LogP contribution in [-0.4, -0.2) is 37.9 Å². The molecule has 3 nitrogen and oxygen atoms in total. The van der Waals surface area contributed by atoms with Crippen molar-refractivity contribution in [2.75, 3.05) is 18.6 Å². The van der Waals surface area contributed by atoms with Crippen LogP contribution in [0.15, 0.2) is 15.9 Å². The van der Waals surface area contributed by atoms with Crippen LogP contribution < -0.4 is 0 Å². The number of hydrogen-bond acceptors (Lipinski definition) is 4. The Hall–Kier alpha value is 0.0900. The van der Waals surface area contributed by atoms with Gasteiger partial charge in [0.25, 0.3) is 0 Å². The zero-order valence-corrected chi connectivity index (χ0v) is 12.2. The largest absolute Gasteiger partial charge is 0.297 e. The molecule has 1 atom stereocenters. The lowest BCUT2D eigenvalue weighted by atomic mass is 10.2. The topological polar surface area (TPSA) is 37.4 Å². The van der Waals surface area contributed by atoms with Crippen molar-refractivity contribution in [3.8, 4) is 0 Å². The van der Waals surface area contributed by atoms with E-state index in [1.165, 1.54) is 4.88 Å². The van der Waals surface area contributed by atoms with Crippen LogP contribution in [0.25, 0.3) is 0 Å². The van der Waals surface area contributed by atoms with Crippen LogP contribution >= 0.6 is 27.3 Å². The van der Waals surface area contributed by atoms with Crippen molar-refractivity contribution < 1.29 is 8.42 Å². The molecule has 0 bridgehead atoms. The molecule has 0 amide bonds. The number of hydrogen-bond donors (Lipinski definition) is 0. The Morgan fingerprint density at radius 2 is 2.38 bits per heavy atom. The van der Waals surface area contributed by atoms with E-state index in [4.69, 9.17) is 0 Å². The van der Waals surface area contributed by atoms with E-state index in [0.29, 0.717) is 11.5 Å². The Balaban J connectivity index is 2.00. The average molecular weight is 324 g/mol. The van der Waals surface area contributed by atoms with Crippen LogP contribution in [0.1, 0.15) is 11.3 Å². The highest BCUT2D eigenvalue weighted by molar-refractivity contribution is 9.10. The molecular formula is C10H14BrNO2S2. The Bertz CT molecular complexity index is 469. The Morgan fingerprint density at radius 3 is 2.88 bits per heavy atom. The molecule has 0 radical (unpaired) electrons. The van der Waals surface area contributed by atoms with Crippen LogP contribution in [-0.2, 0) is 16.4 Å². The highest BCUT2D eigenvalue weighted by Crippen LogP contribution is 2.26. The molecule has 1 aliphatic rings. The molecule has 0 aliphatic carbocycles. The molecule has 0 N–H and O–H groups in total. The van der Waals surface area contributed by atoms with Crippen molar-refractivity contribution in [3.05, 3.63) is 20.8 Å². The SMILES string of the molecule is CN(Cc1sccc1Br)[C@H]1CCS(=O)(=O)C1. The molecule has 1 fully saturated rings. The van der Waals surface area contributed by atoms with E-state index in [1.807, 2.05) is 18.5 Å². The first-order chi connectivity index (χ1) is 7.48. The van der Waals surface area contributed by atoms with Crippen molar-refractivity contribution in [1.82, 2.24) is 4.90 Å². The van der Waals surface area contributed by atoms with Gasteiger partial charge in [-0.25, -0.2) is 8.42 Å². The normalized spacial score (nSPS) is 24.1. The second-order valence-corrected chi connectivity index (χ2v) is 8.25. The summed E-state index contributed by atoms with van der Waals surface area (Å²) in [5.74, 6) is 0.653. The van der Waals surface area contributed by atoms with Crippen LogP contribution in [0, 0.1) is 0 Å². The predicted molar refractivity (Wildman–Crippen MR) is 70.5 cm³/mol. The van der Waals surface area contributed by atoms with Crippen molar-refractivity contribution in [3.63, 3.8) is 0 Å².